The van der Waals surface area contributed by atoms with Crippen molar-refractivity contribution in [2.45, 2.75) is 32.8 Å². The molecule has 3 rings (SSSR count). The Morgan fingerprint density at radius 3 is 2.52 bits per heavy atom. The van der Waals surface area contributed by atoms with Gasteiger partial charge in [-0.3, -0.25) is 10.3 Å². The van der Waals surface area contributed by atoms with E-state index < -0.39 is 5.60 Å². The predicted molar refractivity (Wildman–Crippen MR) is 98.3 cm³/mol. The monoisotopic (exact) mass is 345 g/mol. The van der Waals surface area contributed by atoms with E-state index in [9.17, 15) is 4.79 Å². The molecule has 1 saturated heterocycles. The summed E-state index contributed by atoms with van der Waals surface area (Å²) >= 11 is 0. The normalized spacial score (nSPS) is 17.2. The topological polar surface area (TPSA) is 54.0 Å². The molecule has 1 aliphatic heterocycles. The number of amides is 1. The van der Waals surface area contributed by atoms with Crippen molar-refractivity contribution in [3.63, 3.8) is 0 Å². The van der Waals surface area contributed by atoms with Crippen LogP contribution in [0.2, 0.25) is 0 Å². The number of ether oxygens (including phenoxy) is 1. The summed E-state index contributed by atoms with van der Waals surface area (Å²) in [5.41, 5.74) is 7.26. The van der Waals surface area contributed by atoms with E-state index in [1.54, 1.807) is 12.0 Å². The van der Waals surface area contributed by atoms with Gasteiger partial charge in [-0.1, -0.05) is 18.2 Å². The van der Waals surface area contributed by atoms with E-state index in [4.69, 9.17) is 9.57 Å². The summed E-state index contributed by atoms with van der Waals surface area (Å²) in [6, 6.07) is 6.34. The summed E-state index contributed by atoms with van der Waals surface area (Å²) < 4.78 is 5.47. The van der Waals surface area contributed by atoms with Crippen LogP contribution in [0, 0.1) is 0 Å². The van der Waals surface area contributed by atoms with Crippen LogP contribution in [0.15, 0.2) is 24.3 Å². The summed E-state index contributed by atoms with van der Waals surface area (Å²) in [6.45, 7) is 8.66. The van der Waals surface area contributed by atoms with Crippen molar-refractivity contribution < 1.29 is 14.4 Å². The van der Waals surface area contributed by atoms with Crippen LogP contribution in [-0.2, 0) is 16.0 Å². The Balaban J connectivity index is 1.66. The maximum Gasteiger partial charge on any atom is 0.410 e. The molecule has 0 atom stereocenters. The minimum Gasteiger partial charge on any atom is -0.444 e. The fourth-order valence-corrected chi connectivity index (χ4v) is 3.31. The zero-order chi connectivity index (χ0) is 18.0. The number of hydrogen-bond acceptors (Lipinski definition) is 5. The minimum atomic E-state index is -0.453. The molecule has 6 nitrogen and oxygen atoms in total. The van der Waals surface area contributed by atoms with Gasteiger partial charge in [-0.15, -0.1) is 0 Å². The Labute approximate surface area is 149 Å². The Kier molecular flexibility index (Phi) is 4.90. The number of hydroxylamine groups is 1. The van der Waals surface area contributed by atoms with Crippen LogP contribution in [0.5, 0.6) is 0 Å². The molecule has 0 aromatic heterocycles. The number of carbonyl (C=O) groups excluding carboxylic acids is 1. The number of benzene rings is 1. The molecule has 0 radical (unpaired) electrons. The summed E-state index contributed by atoms with van der Waals surface area (Å²) in [7, 11) is 1.62. The Morgan fingerprint density at radius 2 is 1.88 bits per heavy atom. The lowest BCUT2D eigenvalue weighted by Gasteiger charge is -2.37. The van der Waals surface area contributed by atoms with Gasteiger partial charge in [0.2, 0.25) is 0 Å². The molecule has 2 aliphatic rings. The lowest BCUT2D eigenvalue weighted by Crippen LogP contribution is -2.50. The average Bonchev–Trinajstić information content (AvgIpc) is 2.97. The number of anilines is 1. The summed E-state index contributed by atoms with van der Waals surface area (Å²) in [6.07, 6.45) is 2.82. The van der Waals surface area contributed by atoms with Gasteiger partial charge in [0.25, 0.3) is 0 Å². The first-order valence-corrected chi connectivity index (χ1v) is 8.73. The van der Waals surface area contributed by atoms with Crippen molar-refractivity contribution in [2.75, 3.05) is 38.2 Å². The maximum absolute atomic E-state index is 12.2. The lowest BCUT2D eigenvalue weighted by atomic mass is 10.1. The molecular weight excluding hydrogens is 318 g/mol. The molecule has 1 aliphatic carbocycles. The minimum absolute atomic E-state index is 0.223. The van der Waals surface area contributed by atoms with E-state index in [0.29, 0.717) is 13.1 Å². The molecule has 0 unspecified atom stereocenters. The van der Waals surface area contributed by atoms with Gasteiger partial charge in [-0.25, -0.2) is 4.79 Å². The lowest BCUT2D eigenvalue weighted by molar-refractivity contribution is 0.0240. The molecule has 1 fully saturated rings. The van der Waals surface area contributed by atoms with Gasteiger partial charge in [-0.2, -0.15) is 0 Å². The molecule has 0 saturated carbocycles. The fourth-order valence-electron chi connectivity index (χ4n) is 3.31. The standard InChI is InChI=1S/C19H27N3O3/c1-19(2,3)25-18(23)22-12-10-21(11-13-22)17-7-5-6-14-15(17)8-9-16(14)20-24-4/h5-7,9,20H,8,10-13H2,1-4H3. The molecule has 6 heteroatoms. The van der Waals surface area contributed by atoms with Crippen LogP contribution in [0.4, 0.5) is 10.5 Å². The number of rotatable bonds is 3. The first-order valence-electron chi connectivity index (χ1n) is 8.73. The van der Waals surface area contributed by atoms with Crippen LogP contribution in [0.3, 0.4) is 0 Å². The highest BCUT2D eigenvalue weighted by atomic mass is 16.6. The molecule has 1 aromatic carbocycles. The third-order valence-electron chi connectivity index (χ3n) is 4.44. The first kappa shape index (κ1) is 17.6. The molecule has 0 spiro atoms. The van der Waals surface area contributed by atoms with Gasteiger partial charge in [0, 0.05) is 37.4 Å². The van der Waals surface area contributed by atoms with Gasteiger partial charge in [0.1, 0.15) is 5.60 Å². The molecule has 1 amide bonds. The van der Waals surface area contributed by atoms with Crippen molar-refractivity contribution in [1.29, 1.82) is 0 Å². The highest BCUT2D eigenvalue weighted by molar-refractivity contribution is 5.77. The molecule has 136 valence electrons. The van der Waals surface area contributed by atoms with Crippen molar-refractivity contribution in [1.82, 2.24) is 10.4 Å². The van der Waals surface area contributed by atoms with Gasteiger partial charge in [-0.05, 0) is 38.8 Å². The number of allylic oxidation sites excluding steroid dienone is 1. The number of hydrogen-bond donors (Lipinski definition) is 1. The SMILES string of the molecule is CONC1=CCc2c1cccc2N1CCN(C(=O)OC(C)(C)C)CC1. The average molecular weight is 345 g/mol. The van der Waals surface area contributed by atoms with Gasteiger partial charge < -0.3 is 14.5 Å². The Hall–Kier alpha value is -2.21. The van der Waals surface area contributed by atoms with E-state index >= 15 is 0 Å². The van der Waals surface area contributed by atoms with E-state index in [1.807, 2.05) is 20.8 Å². The number of nitrogens with one attached hydrogen (secondary N) is 1. The number of piperazine rings is 1. The van der Waals surface area contributed by atoms with Crippen LogP contribution in [-0.4, -0.2) is 49.9 Å². The molecule has 1 N–H and O–H groups in total. The van der Waals surface area contributed by atoms with E-state index in [2.05, 4.69) is 34.7 Å². The molecule has 25 heavy (non-hydrogen) atoms. The fraction of sp³-hybridized carbons (Fsp3) is 0.526. The zero-order valence-corrected chi connectivity index (χ0v) is 15.5. The van der Waals surface area contributed by atoms with E-state index in [-0.39, 0.29) is 6.09 Å². The van der Waals surface area contributed by atoms with Crippen LogP contribution in [0.1, 0.15) is 31.9 Å². The number of fused-ring (bicyclic) bond motifs is 1. The van der Waals surface area contributed by atoms with Crippen molar-refractivity contribution in [3.05, 3.63) is 35.4 Å². The summed E-state index contributed by atoms with van der Waals surface area (Å²) in [5, 5.41) is 0. The van der Waals surface area contributed by atoms with Crippen LogP contribution < -0.4 is 10.4 Å². The molecular formula is C19H27N3O3. The first-order chi connectivity index (χ1) is 11.9. The molecule has 1 aromatic rings. The largest absolute Gasteiger partial charge is 0.444 e. The van der Waals surface area contributed by atoms with Crippen molar-refractivity contribution in [3.8, 4) is 0 Å². The summed E-state index contributed by atoms with van der Waals surface area (Å²) in [5.74, 6) is 0. The maximum atomic E-state index is 12.2. The van der Waals surface area contributed by atoms with E-state index in [1.165, 1.54) is 16.8 Å². The van der Waals surface area contributed by atoms with Gasteiger partial charge in [0.05, 0.1) is 12.8 Å². The highest BCUT2D eigenvalue weighted by Gasteiger charge is 2.27. The predicted octanol–water partition coefficient (Wildman–Crippen LogP) is 2.79. The number of carbonyl (C=O) groups is 1. The van der Waals surface area contributed by atoms with Gasteiger partial charge in [0.15, 0.2) is 0 Å². The van der Waals surface area contributed by atoms with Gasteiger partial charge >= 0.3 is 6.09 Å². The third kappa shape index (κ3) is 3.90. The number of nitrogens with zero attached hydrogens (tertiary/aromatic N) is 2. The molecule has 1 heterocycles. The third-order valence-corrected chi connectivity index (χ3v) is 4.44. The Morgan fingerprint density at radius 1 is 1.16 bits per heavy atom. The van der Waals surface area contributed by atoms with Crippen LogP contribution in [0.25, 0.3) is 5.70 Å². The second kappa shape index (κ2) is 6.96. The van der Waals surface area contributed by atoms with E-state index in [0.717, 1.165) is 25.2 Å². The molecule has 0 bridgehead atoms. The smallest absolute Gasteiger partial charge is 0.410 e. The highest BCUT2D eigenvalue weighted by Crippen LogP contribution is 2.34. The van der Waals surface area contributed by atoms with Crippen molar-refractivity contribution in [2.24, 2.45) is 0 Å². The summed E-state index contributed by atoms with van der Waals surface area (Å²) in [4.78, 5) is 21.4. The van der Waals surface area contributed by atoms with Crippen LogP contribution >= 0.6 is 0 Å². The van der Waals surface area contributed by atoms with Crippen molar-refractivity contribution >= 4 is 17.5 Å². The second-order valence-electron chi connectivity index (χ2n) is 7.39. The zero-order valence-electron chi connectivity index (χ0n) is 15.5. The second-order valence-corrected chi connectivity index (χ2v) is 7.39. The quantitative estimate of drug-likeness (QED) is 0.854. The Bertz CT molecular complexity index is 671.